The highest BCUT2D eigenvalue weighted by molar-refractivity contribution is 6.00. The van der Waals surface area contributed by atoms with Gasteiger partial charge in [0.25, 0.3) is 0 Å². The summed E-state index contributed by atoms with van der Waals surface area (Å²) in [5.41, 5.74) is 2.46. The maximum absolute atomic E-state index is 13.4. The van der Waals surface area contributed by atoms with Crippen LogP contribution in [-0.4, -0.2) is 34.2 Å². The third kappa shape index (κ3) is 3.92. The SMILES string of the molecule is Cc1cc(C)n(C[C@@H](C)NC(=O)[C@H]2CC(=O)N(c3cccc(F)c3)C2)n1. The summed E-state index contributed by atoms with van der Waals surface area (Å²) >= 11 is 0. The molecule has 1 aliphatic rings. The summed E-state index contributed by atoms with van der Waals surface area (Å²) in [6.07, 6.45) is 0.134. The Morgan fingerprint density at radius 2 is 2.15 bits per heavy atom. The highest BCUT2D eigenvalue weighted by atomic mass is 19.1. The van der Waals surface area contributed by atoms with Crippen LogP contribution in [-0.2, 0) is 16.1 Å². The Bertz CT molecular complexity index is 833. The van der Waals surface area contributed by atoms with Crippen LogP contribution in [0.15, 0.2) is 30.3 Å². The molecule has 2 atom stereocenters. The molecule has 0 aliphatic carbocycles. The molecule has 1 fully saturated rings. The normalized spacial score (nSPS) is 18.2. The number of aromatic nitrogens is 2. The molecule has 0 spiro atoms. The molecule has 3 rings (SSSR count). The van der Waals surface area contributed by atoms with Gasteiger partial charge >= 0.3 is 0 Å². The van der Waals surface area contributed by atoms with Crippen LogP contribution in [0.1, 0.15) is 24.7 Å². The van der Waals surface area contributed by atoms with Crippen LogP contribution in [0.2, 0.25) is 0 Å². The maximum Gasteiger partial charge on any atom is 0.227 e. The number of halogens is 1. The second kappa shape index (κ2) is 7.27. The van der Waals surface area contributed by atoms with Gasteiger partial charge in [0, 0.05) is 30.4 Å². The van der Waals surface area contributed by atoms with Gasteiger partial charge in [-0.1, -0.05) is 6.07 Å². The van der Waals surface area contributed by atoms with E-state index in [0.717, 1.165) is 11.4 Å². The molecule has 0 saturated carbocycles. The Morgan fingerprint density at radius 1 is 1.38 bits per heavy atom. The number of benzene rings is 1. The number of hydrogen-bond acceptors (Lipinski definition) is 3. The summed E-state index contributed by atoms with van der Waals surface area (Å²) in [6.45, 7) is 6.65. The van der Waals surface area contributed by atoms with Gasteiger partial charge < -0.3 is 10.2 Å². The van der Waals surface area contributed by atoms with E-state index in [2.05, 4.69) is 10.4 Å². The second-order valence-corrected chi connectivity index (χ2v) is 6.90. The maximum atomic E-state index is 13.4. The van der Waals surface area contributed by atoms with Gasteiger partial charge in [-0.3, -0.25) is 14.3 Å². The molecule has 6 nitrogen and oxygen atoms in total. The summed E-state index contributed by atoms with van der Waals surface area (Å²) in [5, 5.41) is 7.35. The zero-order valence-corrected chi connectivity index (χ0v) is 15.2. The van der Waals surface area contributed by atoms with E-state index >= 15 is 0 Å². The molecule has 1 aliphatic heterocycles. The van der Waals surface area contributed by atoms with Crippen molar-refractivity contribution in [1.29, 1.82) is 0 Å². The van der Waals surface area contributed by atoms with E-state index in [1.54, 1.807) is 12.1 Å². The van der Waals surface area contributed by atoms with Crippen molar-refractivity contribution in [2.45, 2.75) is 39.8 Å². The molecule has 1 N–H and O–H groups in total. The first-order valence-corrected chi connectivity index (χ1v) is 8.71. The molecule has 0 bridgehead atoms. The molecule has 2 aromatic rings. The number of anilines is 1. The highest BCUT2D eigenvalue weighted by Crippen LogP contribution is 2.25. The lowest BCUT2D eigenvalue weighted by molar-refractivity contribution is -0.126. The quantitative estimate of drug-likeness (QED) is 0.891. The van der Waals surface area contributed by atoms with Crippen LogP contribution in [0.5, 0.6) is 0 Å². The number of rotatable bonds is 5. The topological polar surface area (TPSA) is 67.2 Å². The first kappa shape index (κ1) is 18.1. The van der Waals surface area contributed by atoms with Gasteiger partial charge in [-0.15, -0.1) is 0 Å². The minimum absolute atomic E-state index is 0.112. The van der Waals surface area contributed by atoms with E-state index in [4.69, 9.17) is 0 Å². The van der Waals surface area contributed by atoms with Gasteiger partial charge in [0.15, 0.2) is 0 Å². The summed E-state index contributed by atoms with van der Waals surface area (Å²) in [7, 11) is 0. The molecule has 138 valence electrons. The number of nitrogens with one attached hydrogen (secondary N) is 1. The molecule has 2 amide bonds. The highest BCUT2D eigenvalue weighted by Gasteiger charge is 2.35. The Labute approximate surface area is 152 Å². The van der Waals surface area contributed by atoms with Crippen molar-refractivity contribution in [2.75, 3.05) is 11.4 Å². The molecular formula is C19H23FN4O2. The van der Waals surface area contributed by atoms with Gasteiger partial charge in [0.2, 0.25) is 11.8 Å². The monoisotopic (exact) mass is 358 g/mol. The van der Waals surface area contributed by atoms with E-state index in [-0.39, 0.29) is 30.8 Å². The van der Waals surface area contributed by atoms with Crippen LogP contribution < -0.4 is 10.2 Å². The summed E-state index contributed by atoms with van der Waals surface area (Å²) < 4.78 is 15.3. The zero-order valence-electron chi connectivity index (χ0n) is 15.2. The average Bonchev–Trinajstić information content (AvgIpc) is 3.09. The molecule has 0 unspecified atom stereocenters. The predicted molar refractivity (Wildman–Crippen MR) is 96.2 cm³/mol. The minimum Gasteiger partial charge on any atom is -0.351 e. The van der Waals surface area contributed by atoms with Gasteiger partial charge in [0.1, 0.15) is 5.82 Å². The minimum atomic E-state index is -0.436. The van der Waals surface area contributed by atoms with Crippen molar-refractivity contribution >= 4 is 17.5 Å². The number of nitrogens with zero attached hydrogens (tertiary/aromatic N) is 3. The largest absolute Gasteiger partial charge is 0.351 e. The van der Waals surface area contributed by atoms with Crippen molar-refractivity contribution in [1.82, 2.24) is 15.1 Å². The molecule has 7 heteroatoms. The number of carbonyl (C=O) groups excluding carboxylic acids is 2. The Morgan fingerprint density at radius 3 is 2.81 bits per heavy atom. The molecule has 1 aromatic heterocycles. The van der Waals surface area contributed by atoms with Gasteiger partial charge in [-0.05, 0) is 45.0 Å². The predicted octanol–water partition coefficient (Wildman–Crippen LogP) is 2.20. The van der Waals surface area contributed by atoms with Crippen molar-refractivity contribution in [3.05, 3.63) is 47.5 Å². The average molecular weight is 358 g/mol. The third-order valence-electron chi connectivity index (χ3n) is 4.55. The van der Waals surface area contributed by atoms with Crippen LogP contribution in [0.25, 0.3) is 0 Å². The van der Waals surface area contributed by atoms with E-state index in [1.165, 1.54) is 17.0 Å². The summed E-state index contributed by atoms with van der Waals surface area (Å²) in [5.74, 6) is -1.16. The van der Waals surface area contributed by atoms with Crippen LogP contribution in [0, 0.1) is 25.6 Å². The molecule has 0 radical (unpaired) electrons. The molecule has 2 heterocycles. The first-order chi connectivity index (χ1) is 12.3. The van der Waals surface area contributed by atoms with Gasteiger partial charge in [-0.25, -0.2) is 4.39 Å². The fourth-order valence-corrected chi connectivity index (χ4v) is 3.30. The van der Waals surface area contributed by atoms with E-state index in [1.807, 2.05) is 31.5 Å². The fourth-order valence-electron chi connectivity index (χ4n) is 3.30. The zero-order chi connectivity index (χ0) is 18.8. The smallest absolute Gasteiger partial charge is 0.227 e. The van der Waals surface area contributed by atoms with Crippen molar-refractivity contribution in [3.8, 4) is 0 Å². The van der Waals surface area contributed by atoms with Crippen LogP contribution in [0.3, 0.4) is 0 Å². The van der Waals surface area contributed by atoms with Crippen LogP contribution >= 0.6 is 0 Å². The van der Waals surface area contributed by atoms with E-state index in [9.17, 15) is 14.0 Å². The fraction of sp³-hybridized carbons (Fsp3) is 0.421. The Balaban J connectivity index is 1.60. The van der Waals surface area contributed by atoms with E-state index in [0.29, 0.717) is 12.2 Å². The Kier molecular flexibility index (Phi) is 5.06. The molecular weight excluding hydrogens is 335 g/mol. The molecule has 26 heavy (non-hydrogen) atoms. The van der Waals surface area contributed by atoms with Gasteiger partial charge in [0.05, 0.1) is 18.2 Å². The third-order valence-corrected chi connectivity index (χ3v) is 4.55. The number of carbonyl (C=O) groups is 2. The van der Waals surface area contributed by atoms with Crippen molar-refractivity contribution in [2.24, 2.45) is 5.92 Å². The van der Waals surface area contributed by atoms with Crippen LogP contribution in [0.4, 0.5) is 10.1 Å². The number of amides is 2. The number of aryl methyl sites for hydroxylation is 2. The van der Waals surface area contributed by atoms with E-state index < -0.39 is 11.7 Å². The lowest BCUT2D eigenvalue weighted by Crippen LogP contribution is -2.40. The molecule has 1 saturated heterocycles. The summed E-state index contributed by atoms with van der Waals surface area (Å²) in [4.78, 5) is 26.2. The lowest BCUT2D eigenvalue weighted by atomic mass is 10.1. The van der Waals surface area contributed by atoms with Crippen molar-refractivity contribution in [3.63, 3.8) is 0 Å². The van der Waals surface area contributed by atoms with Gasteiger partial charge in [-0.2, -0.15) is 5.10 Å². The Hall–Kier alpha value is -2.70. The lowest BCUT2D eigenvalue weighted by Gasteiger charge is -2.19. The second-order valence-electron chi connectivity index (χ2n) is 6.90. The first-order valence-electron chi connectivity index (χ1n) is 8.71. The standard InChI is InChI=1S/C19H23FN4O2/c1-12-7-14(3)24(22-12)10-13(2)21-19(26)15-8-18(25)23(11-15)17-6-4-5-16(20)9-17/h4-7,9,13,15H,8,10-11H2,1-3H3,(H,21,26)/t13-,15+/m1/s1. The number of hydrogen-bond donors (Lipinski definition) is 1. The molecule has 1 aromatic carbocycles. The van der Waals surface area contributed by atoms with Crippen molar-refractivity contribution < 1.29 is 14.0 Å². The summed E-state index contributed by atoms with van der Waals surface area (Å²) in [6, 6.07) is 7.74.